The van der Waals surface area contributed by atoms with Gasteiger partial charge in [-0.1, -0.05) is 59.9 Å². The molecule has 1 aromatic rings. The van der Waals surface area contributed by atoms with Gasteiger partial charge >= 0.3 is 5.97 Å². The molecule has 0 aliphatic heterocycles. The summed E-state index contributed by atoms with van der Waals surface area (Å²) in [5.74, 6) is 5.86. The Morgan fingerprint density at radius 1 is 0.955 bits per heavy atom. The number of fused-ring (bicyclic) bond motifs is 5. The van der Waals surface area contributed by atoms with E-state index in [1.165, 1.54) is 64.2 Å². The molecule has 6 nitrogen and oxygen atoms in total. The molecule has 0 saturated heterocycles. The monoisotopic (exact) mass is 610 g/mol. The third kappa shape index (κ3) is 6.82. The van der Waals surface area contributed by atoms with Crippen molar-refractivity contribution in [2.75, 3.05) is 11.5 Å². The van der Waals surface area contributed by atoms with Crippen LogP contribution in [-0.2, 0) is 21.0 Å². The number of nitrogens with two attached hydrogens (primary N) is 2. The smallest absolute Gasteiger partial charge is 0.306 e. The summed E-state index contributed by atoms with van der Waals surface area (Å²) in [5, 5.41) is 9.91. The van der Waals surface area contributed by atoms with E-state index in [0.29, 0.717) is 34.5 Å². The second-order valence-corrected chi connectivity index (χ2v) is 16.5. The lowest BCUT2D eigenvalue weighted by atomic mass is 9.43. The van der Waals surface area contributed by atoms with Crippen LogP contribution < -0.4 is 11.5 Å². The summed E-state index contributed by atoms with van der Waals surface area (Å²) < 4.78 is 5.49. The van der Waals surface area contributed by atoms with Crippen molar-refractivity contribution in [2.24, 2.45) is 58.2 Å². The van der Waals surface area contributed by atoms with Gasteiger partial charge in [0.1, 0.15) is 6.61 Å². The molecule has 6 heteroatoms. The number of hydrogen-bond acceptors (Lipinski definition) is 6. The van der Waals surface area contributed by atoms with Crippen LogP contribution in [0.25, 0.3) is 0 Å². The molecule has 1 aromatic carbocycles. The van der Waals surface area contributed by atoms with Gasteiger partial charge < -0.3 is 16.2 Å². The van der Waals surface area contributed by atoms with Gasteiger partial charge in [0.15, 0.2) is 0 Å². The number of ether oxygens (including phenoxy) is 1. The van der Waals surface area contributed by atoms with Crippen LogP contribution in [0.15, 0.2) is 18.2 Å². The first kappa shape index (κ1) is 33.6. The predicted molar refractivity (Wildman–Crippen MR) is 178 cm³/mol. The Morgan fingerprint density at radius 2 is 1.70 bits per heavy atom. The van der Waals surface area contributed by atoms with Gasteiger partial charge in [0.25, 0.3) is 0 Å². The Bertz CT molecular complexity index is 1120. The molecular weight excluding hydrogens is 548 g/mol. The van der Waals surface area contributed by atoms with E-state index in [1.54, 1.807) is 18.2 Å². The maximum atomic E-state index is 12.6. The highest BCUT2D eigenvalue weighted by molar-refractivity contribution is 5.69. The maximum absolute atomic E-state index is 12.6. The summed E-state index contributed by atoms with van der Waals surface area (Å²) in [5.41, 5.74) is 14.5. The van der Waals surface area contributed by atoms with Crippen LogP contribution in [0.5, 0.6) is 0 Å². The van der Waals surface area contributed by atoms with Crippen molar-refractivity contribution in [1.82, 2.24) is 0 Å². The van der Waals surface area contributed by atoms with E-state index in [0.717, 1.165) is 53.9 Å². The standard InChI is InChI=1S/C38H62N2O4/c1-24(2)7-6-8-25(3)31-13-14-32-30-12-10-28-21-26(17-19-37(28,4)33(30)18-20-38(31,32)5)35(44-42)15-16-36(41)43-23-27-9-11-29(39)22-34(27)40/h9,11,22,24-26,28,30-33,35,42H,6-8,10,12-21,23,39-40H2,1-5H3. The number of nitrogen functional groups attached to an aromatic ring is 2. The number of esters is 1. The zero-order chi connectivity index (χ0) is 31.6. The third-order valence-electron chi connectivity index (χ3n) is 13.8. The Hall–Kier alpha value is -1.79. The van der Waals surface area contributed by atoms with E-state index in [2.05, 4.69) is 34.6 Å². The van der Waals surface area contributed by atoms with Crippen molar-refractivity contribution in [3.8, 4) is 0 Å². The molecule has 0 bridgehead atoms. The van der Waals surface area contributed by atoms with E-state index < -0.39 is 0 Å². The van der Waals surface area contributed by atoms with Gasteiger partial charge in [-0.05, 0) is 135 Å². The van der Waals surface area contributed by atoms with Crippen molar-refractivity contribution in [1.29, 1.82) is 0 Å². The SMILES string of the molecule is CC(C)CCCC(C)C1CCC2C3CCC4CC(C(CCC(=O)OCc5ccc(N)cc5N)OO)CCC4(C)C3CCC12C. The van der Waals surface area contributed by atoms with Gasteiger partial charge in [-0.2, -0.15) is 0 Å². The number of hydrogen-bond donors (Lipinski definition) is 3. The Balaban J connectivity index is 1.14. The summed E-state index contributed by atoms with van der Waals surface area (Å²) in [6.07, 6.45) is 16.3. The van der Waals surface area contributed by atoms with Crippen LogP contribution in [0.4, 0.5) is 11.4 Å². The summed E-state index contributed by atoms with van der Waals surface area (Å²) in [6, 6.07) is 5.22. The van der Waals surface area contributed by atoms with Gasteiger partial charge in [-0.3, -0.25) is 10.1 Å². The van der Waals surface area contributed by atoms with E-state index in [-0.39, 0.29) is 31.0 Å². The Morgan fingerprint density at radius 3 is 2.43 bits per heavy atom. The normalized spacial score (nSPS) is 36.2. The van der Waals surface area contributed by atoms with Crippen molar-refractivity contribution < 1.29 is 19.7 Å². The summed E-state index contributed by atoms with van der Waals surface area (Å²) in [4.78, 5) is 17.6. The summed E-state index contributed by atoms with van der Waals surface area (Å²) in [6.45, 7) is 12.7. The van der Waals surface area contributed by atoms with Crippen LogP contribution in [0.3, 0.4) is 0 Å². The molecule has 0 aromatic heterocycles. The molecular formula is C38H62N2O4. The summed E-state index contributed by atoms with van der Waals surface area (Å²) >= 11 is 0. The van der Waals surface area contributed by atoms with E-state index in [9.17, 15) is 10.1 Å². The summed E-state index contributed by atoms with van der Waals surface area (Å²) in [7, 11) is 0. The maximum Gasteiger partial charge on any atom is 0.306 e. The lowest BCUT2D eigenvalue weighted by molar-refractivity contribution is -0.297. The van der Waals surface area contributed by atoms with Crippen molar-refractivity contribution in [2.45, 2.75) is 137 Å². The molecule has 5 rings (SSSR count). The first-order chi connectivity index (χ1) is 21.0. The molecule has 4 fully saturated rings. The Kier molecular flexibility index (Phi) is 10.6. The number of carbonyl (C=O) groups excluding carboxylic acids is 1. The van der Waals surface area contributed by atoms with Crippen molar-refractivity contribution in [3.05, 3.63) is 23.8 Å². The molecule has 5 N–H and O–H groups in total. The van der Waals surface area contributed by atoms with E-state index >= 15 is 0 Å². The van der Waals surface area contributed by atoms with Gasteiger partial charge in [0, 0.05) is 23.4 Å². The van der Waals surface area contributed by atoms with Crippen LogP contribution >= 0.6 is 0 Å². The lowest BCUT2D eigenvalue weighted by Gasteiger charge is -2.61. The molecule has 10 atom stereocenters. The fraction of sp³-hybridized carbons (Fsp3) is 0.816. The zero-order valence-electron chi connectivity index (χ0n) is 28.4. The Labute approximate surface area is 267 Å². The number of rotatable bonds is 12. The van der Waals surface area contributed by atoms with E-state index in [1.807, 2.05) is 0 Å². The molecule has 0 amide bonds. The predicted octanol–water partition coefficient (Wildman–Crippen LogP) is 9.27. The number of benzene rings is 1. The first-order valence-electron chi connectivity index (χ1n) is 18.1. The second kappa shape index (κ2) is 13.9. The molecule has 4 aliphatic rings. The van der Waals surface area contributed by atoms with Crippen molar-refractivity contribution in [3.63, 3.8) is 0 Å². The van der Waals surface area contributed by atoms with Crippen LogP contribution in [0, 0.1) is 58.2 Å². The van der Waals surface area contributed by atoms with Crippen LogP contribution in [0.2, 0.25) is 0 Å². The van der Waals surface area contributed by atoms with Gasteiger partial charge in [0.2, 0.25) is 0 Å². The molecule has 4 saturated carbocycles. The number of carbonyl (C=O) groups is 1. The minimum atomic E-state index is -0.325. The van der Waals surface area contributed by atoms with E-state index in [4.69, 9.17) is 21.1 Å². The quantitative estimate of drug-likeness (QED) is 0.0942. The highest BCUT2D eigenvalue weighted by atomic mass is 17.1. The molecule has 0 spiro atoms. The average molecular weight is 611 g/mol. The largest absolute Gasteiger partial charge is 0.461 e. The topological polar surface area (TPSA) is 108 Å². The van der Waals surface area contributed by atoms with Gasteiger partial charge in [0.05, 0.1) is 6.10 Å². The molecule has 44 heavy (non-hydrogen) atoms. The lowest BCUT2D eigenvalue weighted by Crippen LogP contribution is -2.54. The van der Waals surface area contributed by atoms with Gasteiger partial charge in [-0.15, -0.1) is 0 Å². The molecule has 0 radical (unpaired) electrons. The highest BCUT2D eigenvalue weighted by Gasteiger charge is 2.60. The minimum absolute atomic E-state index is 0.125. The number of anilines is 2. The second-order valence-electron chi connectivity index (χ2n) is 16.5. The van der Waals surface area contributed by atoms with Crippen LogP contribution in [-0.4, -0.2) is 17.3 Å². The minimum Gasteiger partial charge on any atom is -0.461 e. The van der Waals surface area contributed by atoms with Gasteiger partial charge in [-0.25, -0.2) is 4.89 Å². The zero-order valence-corrected chi connectivity index (χ0v) is 28.4. The molecule has 4 aliphatic carbocycles. The molecule has 248 valence electrons. The van der Waals surface area contributed by atoms with Crippen LogP contribution in [0.1, 0.15) is 130 Å². The molecule has 10 unspecified atom stereocenters. The van der Waals surface area contributed by atoms with Crippen molar-refractivity contribution >= 4 is 17.3 Å². The fourth-order valence-electron chi connectivity index (χ4n) is 11.3. The first-order valence-corrected chi connectivity index (χ1v) is 18.1. The highest BCUT2D eigenvalue weighted by Crippen LogP contribution is 2.69. The molecule has 0 heterocycles. The average Bonchev–Trinajstić information content (AvgIpc) is 3.34. The third-order valence-corrected chi connectivity index (χ3v) is 13.8. The fourth-order valence-corrected chi connectivity index (χ4v) is 11.3.